The van der Waals surface area contributed by atoms with Crippen molar-refractivity contribution in [2.75, 3.05) is 33.2 Å². The van der Waals surface area contributed by atoms with Crippen LogP contribution in [0.2, 0.25) is 0 Å². The lowest BCUT2D eigenvalue weighted by molar-refractivity contribution is 0.0695. The molecule has 0 spiro atoms. The maximum atomic E-state index is 12.2. The van der Waals surface area contributed by atoms with E-state index in [1.807, 2.05) is 0 Å². The average molecular weight is 276 g/mol. The van der Waals surface area contributed by atoms with E-state index in [1.165, 1.54) is 25.0 Å². The summed E-state index contributed by atoms with van der Waals surface area (Å²) >= 11 is 0. The molecule has 1 aromatic rings. The number of carboxylic acids is 1. The number of hydrogen-bond donors (Lipinski definition) is 1. The summed E-state index contributed by atoms with van der Waals surface area (Å²) in [5, 5.41) is 8.83. The van der Waals surface area contributed by atoms with Gasteiger partial charge in [0.05, 0.1) is 5.56 Å². The third-order valence-corrected chi connectivity index (χ3v) is 3.68. The van der Waals surface area contributed by atoms with Gasteiger partial charge < -0.3 is 14.9 Å². The van der Waals surface area contributed by atoms with E-state index in [9.17, 15) is 9.59 Å². The summed E-state index contributed by atoms with van der Waals surface area (Å²) in [4.78, 5) is 27.0. The van der Waals surface area contributed by atoms with Crippen LogP contribution in [0.25, 0.3) is 0 Å². The number of likely N-dealkylation sites (N-methyl/N-ethyl adjacent to an activating group) is 1. The van der Waals surface area contributed by atoms with Crippen molar-refractivity contribution in [3.8, 4) is 0 Å². The Morgan fingerprint density at radius 3 is 2.25 bits per heavy atom. The lowest BCUT2D eigenvalue weighted by atomic mass is 10.1. The fourth-order valence-electron chi connectivity index (χ4n) is 2.37. The number of benzene rings is 1. The van der Waals surface area contributed by atoms with Crippen molar-refractivity contribution in [1.29, 1.82) is 0 Å². The molecule has 1 aliphatic heterocycles. The molecule has 1 aromatic carbocycles. The van der Waals surface area contributed by atoms with Crippen LogP contribution in [-0.2, 0) is 0 Å². The zero-order chi connectivity index (χ0) is 14.5. The van der Waals surface area contributed by atoms with Crippen LogP contribution in [0, 0.1) is 0 Å². The van der Waals surface area contributed by atoms with Gasteiger partial charge in [0, 0.05) is 25.7 Å². The van der Waals surface area contributed by atoms with Crippen LogP contribution in [0.4, 0.5) is 0 Å². The van der Waals surface area contributed by atoms with Gasteiger partial charge in [-0.15, -0.1) is 0 Å². The molecule has 5 heteroatoms. The molecule has 0 radical (unpaired) electrons. The van der Waals surface area contributed by atoms with Gasteiger partial charge in [0.15, 0.2) is 0 Å². The van der Waals surface area contributed by atoms with Crippen LogP contribution in [0.15, 0.2) is 24.3 Å². The van der Waals surface area contributed by atoms with Crippen molar-refractivity contribution in [3.63, 3.8) is 0 Å². The monoisotopic (exact) mass is 276 g/mol. The third-order valence-electron chi connectivity index (χ3n) is 3.68. The van der Waals surface area contributed by atoms with E-state index in [0.717, 1.165) is 19.6 Å². The summed E-state index contributed by atoms with van der Waals surface area (Å²) in [6.07, 6.45) is 2.49. The number of likely N-dealkylation sites (tertiary alicyclic amines) is 1. The Hall–Kier alpha value is -1.88. The zero-order valence-electron chi connectivity index (χ0n) is 11.7. The fraction of sp³-hybridized carbons (Fsp3) is 0.467. The number of rotatable bonds is 5. The summed E-state index contributed by atoms with van der Waals surface area (Å²) in [7, 11) is 1.78. The lowest BCUT2D eigenvalue weighted by Crippen LogP contribution is -2.35. The first-order valence-corrected chi connectivity index (χ1v) is 6.89. The first kappa shape index (κ1) is 14.5. The van der Waals surface area contributed by atoms with Crippen molar-refractivity contribution in [3.05, 3.63) is 35.4 Å². The Morgan fingerprint density at radius 1 is 1.15 bits per heavy atom. The van der Waals surface area contributed by atoms with E-state index < -0.39 is 5.97 Å². The summed E-state index contributed by atoms with van der Waals surface area (Å²) in [6.45, 7) is 3.83. The maximum Gasteiger partial charge on any atom is 0.335 e. The van der Waals surface area contributed by atoms with Crippen molar-refractivity contribution < 1.29 is 14.7 Å². The summed E-state index contributed by atoms with van der Waals surface area (Å²) in [6, 6.07) is 6.06. The van der Waals surface area contributed by atoms with E-state index in [4.69, 9.17) is 5.11 Å². The number of aromatic carboxylic acids is 1. The number of hydrogen-bond acceptors (Lipinski definition) is 3. The minimum absolute atomic E-state index is 0.0684. The highest BCUT2D eigenvalue weighted by atomic mass is 16.4. The standard InChI is InChI=1S/C15H20N2O3/c1-16(10-11-17-8-2-3-9-17)14(18)12-4-6-13(7-5-12)15(19)20/h4-7H,2-3,8-11H2,1H3,(H,19,20). The highest BCUT2D eigenvalue weighted by Crippen LogP contribution is 2.09. The smallest absolute Gasteiger partial charge is 0.335 e. The Balaban J connectivity index is 1.90. The van der Waals surface area contributed by atoms with Gasteiger partial charge >= 0.3 is 5.97 Å². The quantitative estimate of drug-likeness (QED) is 0.886. The van der Waals surface area contributed by atoms with Gasteiger partial charge in [-0.05, 0) is 50.2 Å². The second-order valence-electron chi connectivity index (χ2n) is 5.16. The van der Waals surface area contributed by atoms with E-state index in [0.29, 0.717) is 12.1 Å². The molecular formula is C15H20N2O3. The third kappa shape index (κ3) is 3.57. The predicted molar refractivity (Wildman–Crippen MR) is 76.0 cm³/mol. The molecule has 1 aliphatic rings. The number of carboxylic acid groups (broad SMARTS) is 1. The summed E-state index contributed by atoms with van der Waals surface area (Å²) in [5.41, 5.74) is 0.722. The van der Waals surface area contributed by atoms with E-state index in [-0.39, 0.29) is 11.5 Å². The van der Waals surface area contributed by atoms with Gasteiger partial charge in [-0.25, -0.2) is 4.79 Å². The highest BCUT2D eigenvalue weighted by Gasteiger charge is 2.15. The molecule has 1 heterocycles. The molecule has 0 atom stereocenters. The van der Waals surface area contributed by atoms with Crippen LogP contribution in [-0.4, -0.2) is 60.0 Å². The highest BCUT2D eigenvalue weighted by molar-refractivity contribution is 5.95. The lowest BCUT2D eigenvalue weighted by Gasteiger charge is -2.21. The Bertz CT molecular complexity index is 478. The van der Waals surface area contributed by atoms with Gasteiger partial charge in [0.25, 0.3) is 5.91 Å². The SMILES string of the molecule is CN(CCN1CCCC1)C(=O)c1ccc(C(=O)O)cc1. The van der Waals surface area contributed by atoms with Crippen LogP contribution >= 0.6 is 0 Å². The molecule has 1 N–H and O–H groups in total. The van der Waals surface area contributed by atoms with Crippen LogP contribution < -0.4 is 0 Å². The van der Waals surface area contributed by atoms with Gasteiger partial charge in [0.1, 0.15) is 0 Å². The summed E-state index contributed by atoms with van der Waals surface area (Å²) in [5.74, 6) is -1.05. The van der Waals surface area contributed by atoms with Crippen LogP contribution in [0.5, 0.6) is 0 Å². The molecule has 0 aliphatic carbocycles. The molecule has 0 bridgehead atoms. The molecule has 20 heavy (non-hydrogen) atoms. The maximum absolute atomic E-state index is 12.2. The Kier molecular flexibility index (Phi) is 4.74. The minimum atomic E-state index is -0.980. The van der Waals surface area contributed by atoms with Crippen LogP contribution in [0.3, 0.4) is 0 Å². The number of carbonyl (C=O) groups excluding carboxylic acids is 1. The van der Waals surface area contributed by atoms with Crippen LogP contribution in [0.1, 0.15) is 33.6 Å². The molecule has 1 saturated heterocycles. The number of nitrogens with zero attached hydrogens (tertiary/aromatic N) is 2. The second kappa shape index (κ2) is 6.52. The number of amides is 1. The van der Waals surface area contributed by atoms with Gasteiger partial charge in [-0.3, -0.25) is 4.79 Å². The van der Waals surface area contributed by atoms with Crippen molar-refractivity contribution in [2.45, 2.75) is 12.8 Å². The number of carbonyl (C=O) groups is 2. The molecule has 1 fully saturated rings. The summed E-state index contributed by atoms with van der Waals surface area (Å²) < 4.78 is 0. The molecule has 108 valence electrons. The first-order valence-electron chi connectivity index (χ1n) is 6.89. The largest absolute Gasteiger partial charge is 0.478 e. The van der Waals surface area contributed by atoms with Gasteiger partial charge in [0.2, 0.25) is 0 Å². The zero-order valence-corrected chi connectivity index (χ0v) is 11.7. The molecular weight excluding hydrogens is 256 g/mol. The topological polar surface area (TPSA) is 60.9 Å². The Morgan fingerprint density at radius 2 is 1.70 bits per heavy atom. The normalized spacial score (nSPS) is 15.2. The molecule has 0 saturated carbocycles. The second-order valence-corrected chi connectivity index (χ2v) is 5.16. The van der Waals surface area contributed by atoms with E-state index in [1.54, 1.807) is 24.1 Å². The molecule has 5 nitrogen and oxygen atoms in total. The molecule has 1 amide bonds. The van der Waals surface area contributed by atoms with E-state index >= 15 is 0 Å². The minimum Gasteiger partial charge on any atom is -0.478 e. The molecule has 0 unspecified atom stereocenters. The van der Waals surface area contributed by atoms with Gasteiger partial charge in [-0.2, -0.15) is 0 Å². The average Bonchev–Trinajstić information content (AvgIpc) is 2.97. The van der Waals surface area contributed by atoms with Gasteiger partial charge in [-0.1, -0.05) is 0 Å². The van der Waals surface area contributed by atoms with E-state index in [2.05, 4.69) is 4.90 Å². The van der Waals surface area contributed by atoms with Crippen molar-refractivity contribution >= 4 is 11.9 Å². The van der Waals surface area contributed by atoms with Crippen molar-refractivity contribution in [1.82, 2.24) is 9.80 Å². The Labute approximate surface area is 118 Å². The molecule has 2 rings (SSSR count). The predicted octanol–water partition coefficient (Wildman–Crippen LogP) is 1.55. The van der Waals surface area contributed by atoms with Crippen molar-refractivity contribution in [2.24, 2.45) is 0 Å². The fourth-order valence-corrected chi connectivity index (χ4v) is 2.37. The first-order chi connectivity index (χ1) is 9.58. The molecule has 0 aromatic heterocycles.